The lowest BCUT2D eigenvalue weighted by molar-refractivity contribution is -0.185. The predicted octanol–water partition coefficient (Wildman–Crippen LogP) is 2.20. The number of rotatable bonds is 2. The fourth-order valence-corrected chi connectivity index (χ4v) is 3.17. The van der Waals surface area contributed by atoms with Crippen molar-refractivity contribution in [1.82, 2.24) is 4.90 Å². The van der Waals surface area contributed by atoms with Gasteiger partial charge < -0.3 is 19.1 Å². The van der Waals surface area contributed by atoms with Crippen LogP contribution in [0.15, 0.2) is 24.3 Å². The van der Waals surface area contributed by atoms with E-state index in [-0.39, 0.29) is 13.1 Å². The highest BCUT2D eigenvalue weighted by Gasteiger charge is 2.51. The highest BCUT2D eigenvalue weighted by atomic mass is 19.4. The Morgan fingerprint density at radius 3 is 1.89 bits per heavy atom. The van der Waals surface area contributed by atoms with Gasteiger partial charge in [-0.2, -0.15) is 13.2 Å². The summed E-state index contributed by atoms with van der Waals surface area (Å²) in [5.41, 5.74) is 0.952. The first-order valence-corrected chi connectivity index (χ1v) is 8.97. The van der Waals surface area contributed by atoms with Crippen LogP contribution < -0.4 is 10.4 Å². The number of hydrogen-bond acceptors (Lipinski definition) is 4. The third kappa shape index (κ3) is 3.94. The van der Waals surface area contributed by atoms with Crippen molar-refractivity contribution in [2.75, 3.05) is 31.1 Å². The van der Waals surface area contributed by atoms with Crippen molar-refractivity contribution >= 4 is 24.2 Å². The molecule has 0 N–H and O–H groups in total. The van der Waals surface area contributed by atoms with Crippen LogP contribution in [0.5, 0.6) is 0 Å². The molecule has 2 fully saturated rings. The number of amides is 1. The summed E-state index contributed by atoms with van der Waals surface area (Å²) in [7, 11) is -0.453. The molecule has 27 heavy (non-hydrogen) atoms. The molecule has 2 heterocycles. The summed E-state index contributed by atoms with van der Waals surface area (Å²) in [6.45, 7) is 8.78. The van der Waals surface area contributed by atoms with E-state index in [1.807, 2.05) is 56.9 Å². The van der Waals surface area contributed by atoms with Crippen LogP contribution >= 0.6 is 0 Å². The Labute approximate surface area is 157 Å². The van der Waals surface area contributed by atoms with Gasteiger partial charge >= 0.3 is 19.2 Å². The number of nitrogens with zero attached hydrogens (tertiary/aromatic N) is 2. The molecule has 3 rings (SSSR count). The van der Waals surface area contributed by atoms with E-state index in [0.717, 1.165) is 16.1 Å². The zero-order valence-corrected chi connectivity index (χ0v) is 16.0. The van der Waals surface area contributed by atoms with Crippen LogP contribution in [-0.2, 0) is 14.1 Å². The van der Waals surface area contributed by atoms with Crippen LogP contribution in [0.1, 0.15) is 27.7 Å². The van der Waals surface area contributed by atoms with Gasteiger partial charge in [0.15, 0.2) is 0 Å². The first-order valence-electron chi connectivity index (χ1n) is 8.97. The van der Waals surface area contributed by atoms with E-state index in [2.05, 4.69) is 0 Å². The number of carbonyl (C=O) groups excluding carboxylic acids is 1. The Morgan fingerprint density at radius 2 is 1.44 bits per heavy atom. The van der Waals surface area contributed by atoms with Crippen LogP contribution in [0.3, 0.4) is 0 Å². The van der Waals surface area contributed by atoms with Crippen LogP contribution in [0.4, 0.5) is 18.9 Å². The molecular formula is C18H24BF3N2O3. The number of piperazine rings is 1. The van der Waals surface area contributed by atoms with Gasteiger partial charge in [0, 0.05) is 31.9 Å². The number of halogens is 3. The second-order valence-electron chi connectivity index (χ2n) is 7.96. The van der Waals surface area contributed by atoms with Gasteiger partial charge in [-0.3, -0.25) is 4.79 Å². The van der Waals surface area contributed by atoms with E-state index in [4.69, 9.17) is 9.31 Å². The van der Waals surface area contributed by atoms with Crippen molar-refractivity contribution in [3.05, 3.63) is 24.3 Å². The third-order valence-electron chi connectivity index (χ3n) is 5.59. The molecule has 0 aliphatic carbocycles. The standard InChI is InChI=1S/C18H24BF3N2O3/c1-16(2)17(3,4)27-19(26-16)13-5-7-14(8-6-13)23-9-11-24(12-10-23)15(25)18(20,21)22/h5-8H,9-12H2,1-4H3. The second kappa shape index (κ2) is 6.70. The SMILES string of the molecule is CC1(C)OB(c2ccc(N3CCN(C(=O)C(F)(F)F)CC3)cc2)OC1(C)C. The van der Waals surface area contributed by atoms with Crippen molar-refractivity contribution in [1.29, 1.82) is 0 Å². The minimum absolute atomic E-state index is 0.0529. The minimum Gasteiger partial charge on any atom is -0.399 e. The predicted molar refractivity (Wildman–Crippen MR) is 97.0 cm³/mol. The van der Waals surface area contributed by atoms with Crippen molar-refractivity contribution in [3.8, 4) is 0 Å². The molecule has 0 aromatic heterocycles. The Hall–Kier alpha value is -1.74. The molecule has 2 aliphatic heterocycles. The molecule has 0 bridgehead atoms. The van der Waals surface area contributed by atoms with E-state index in [1.165, 1.54) is 0 Å². The van der Waals surface area contributed by atoms with Crippen molar-refractivity contribution < 1.29 is 27.3 Å². The topological polar surface area (TPSA) is 42.0 Å². The molecule has 0 saturated carbocycles. The smallest absolute Gasteiger partial charge is 0.399 e. The van der Waals surface area contributed by atoms with Crippen molar-refractivity contribution in [3.63, 3.8) is 0 Å². The molecule has 1 aromatic rings. The monoisotopic (exact) mass is 384 g/mol. The summed E-state index contributed by atoms with van der Waals surface area (Å²) < 4.78 is 49.6. The zero-order chi connectivity index (χ0) is 20.0. The van der Waals surface area contributed by atoms with Gasteiger partial charge in [-0.25, -0.2) is 0 Å². The van der Waals surface area contributed by atoms with E-state index in [0.29, 0.717) is 13.1 Å². The highest BCUT2D eigenvalue weighted by molar-refractivity contribution is 6.62. The molecule has 9 heteroatoms. The minimum atomic E-state index is -4.81. The summed E-state index contributed by atoms with van der Waals surface area (Å²) in [4.78, 5) is 14.1. The molecule has 148 valence electrons. The molecule has 0 atom stereocenters. The van der Waals surface area contributed by atoms with Gasteiger partial charge in [0.05, 0.1) is 11.2 Å². The fourth-order valence-electron chi connectivity index (χ4n) is 3.17. The molecular weight excluding hydrogens is 360 g/mol. The first-order chi connectivity index (χ1) is 12.4. The molecule has 2 aliphatic rings. The van der Waals surface area contributed by atoms with E-state index in [9.17, 15) is 18.0 Å². The molecule has 1 aromatic carbocycles. The van der Waals surface area contributed by atoms with E-state index >= 15 is 0 Å². The van der Waals surface area contributed by atoms with Crippen LogP contribution in [0.2, 0.25) is 0 Å². The van der Waals surface area contributed by atoms with Gasteiger partial charge in [-0.1, -0.05) is 12.1 Å². The lowest BCUT2D eigenvalue weighted by Crippen LogP contribution is -2.52. The van der Waals surface area contributed by atoms with Crippen molar-refractivity contribution in [2.24, 2.45) is 0 Å². The zero-order valence-electron chi connectivity index (χ0n) is 16.0. The normalized spacial score (nSPS) is 22.3. The van der Waals surface area contributed by atoms with Crippen LogP contribution in [0.25, 0.3) is 0 Å². The number of anilines is 1. The number of hydrogen-bond donors (Lipinski definition) is 0. The summed E-state index contributed by atoms with van der Waals surface area (Å²) >= 11 is 0. The fraction of sp³-hybridized carbons (Fsp3) is 0.611. The summed E-state index contributed by atoms with van der Waals surface area (Å²) in [6.07, 6.45) is -4.81. The molecule has 0 unspecified atom stereocenters. The maximum atomic E-state index is 12.5. The molecule has 1 amide bonds. The Bertz CT molecular complexity index is 683. The van der Waals surface area contributed by atoms with E-state index < -0.39 is 30.4 Å². The average molecular weight is 384 g/mol. The van der Waals surface area contributed by atoms with Gasteiger partial charge in [-0.15, -0.1) is 0 Å². The largest absolute Gasteiger partial charge is 0.494 e. The van der Waals surface area contributed by atoms with Gasteiger partial charge in [-0.05, 0) is 45.3 Å². The van der Waals surface area contributed by atoms with Crippen molar-refractivity contribution in [2.45, 2.75) is 45.1 Å². The van der Waals surface area contributed by atoms with Gasteiger partial charge in [0.2, 0.25) is 0 Å². The number of benzene rings is 1. The number of alkyl halides is 3. The number of carbonyl (C=O) groups is 1. The Morgan fingerprint density at radius 1 is 0.963 bits per heavy atom. The van der Waals surface area contributed by atoms with Crippen LogP contribution in [-0.4, -0.2) is 61.5 Å². The Balaban J connectivity index is 1.62. The molecule has 0 spiro atoms. The lowest BCUT2D eigenvalue weighted by atomic mass is 9.79. The Kier molecular flexibility index (Phi) is 4.97. The maximum absolute atomic E-state index is 12.5. The lowest BCUT2D eigenvalue weighted by Gasteiger charge is -2.36. The summed E-state index contributed by atoms with van der Waals surface area (Å²) in [5.74, 6) is -1.77. The molecule has 5 nitrogen and oxygen atoms in total. The first kappa shape index (κ1) is 20.0. The average Bonchev–Trinajstić information content (AvgIpc) is 2.81. The van der Waals surface area contributed by atoms with E-state index in [1.54, 1.807) is 0 Å². The molecule has 0 radical (unpaired) electrons. The third-order valence-corrected chi connectivity index (χ3v) is 5.59. The summed E-state index contributed by atoms with van der Waals surface area (Å²) in [5, 5.41) is 0. The van der Waals surface area contributed by atoms with Gasteiger partial charge in [0.25, 0.3) is 0 Å². The maximum Gasteiger partial charge on any atom is 0.494 e. The van der Waals surface area contributed by atoms with Gasteiger partial charge in [0.1, 0.15) is 0 Å². The second-order valence-corrected chi connectivity index (χ2v) is 7.96. The quantitative estimate of drug-likeness (QED) is 0.734. The highest BCUT2D eigenvalue weighted by Crippen LogP contribution is 2.36. The van der Waals surface area contributed by atoms with Crippen LogP contribution in [0, 0.1) is 0 Å². The summed E-state index contributed by atoms with van der Waals surface area (Å²) in [6, 6.07) is 7.62. The molecule has 2 saturated heterocycles.